The van der Waals surface area contributed by atoms with Crippen LogP contribution in [0.4, 0.5) is 0 Å². The quantitative estimate of drug-likeness (QED) is 0.859. The second-order valence-electron chi connectivity index (χ2n) is 4.63. The summed E-state index contributed by atoms with van der Waals surface area (Å²) in [5.74, 6) is -1.83. The third-order valence-corrected chi connectivity index (χ3v) is 4.00. The van der Waals surface area contributed by atoms with E-state index in [-0.39, 0.29) is 5.56 Å². The molecule has 2 aromatic rings. The number of aliphatic carboxylic acids is 1. The summed E-state index contributed by atoms with van der Waals surface area (Å²) in [5, 5.41) is 13.2. The summed E-state index contributed by atoms with van der Waals surface area (Å²) in [6.45, 7) is 3.56. The second-order valence-corrected chi connectivity index (χ2v) is 5.46. The van der Waals surface area contributed by atoms with E-state index in [0.717, 1.165) is 0 Å². The summed E-state index contributed by atoms with van der Waals surface area (Å²) >= 11 is 1.30. The maximum Gasteiger partial charge on any atom is 0.326 e. The first-order valence-corrected chi connectivity index (χ1v) is 7.33. The number of carboxylic acids is 1. The van der Waals surface area contributed by atoms with Crippen LogP contribution in [0.3, 0.4) is 0 Å². The first kappa shape index (κ1) is 15.2. The predicted octanol–water partition coefficient (Wildman–Crippen LogP) is 1.05. The van der Waals surface area contributed by atoms with Gasteiger partial charge in [-0.25, -0.2) is 9.78 Å². The molecule has 2 rings (SSSR count). The Morgan fingerprint density at radius 1 is 1.52 bits per heavy atom. The van der Waals surface area contributed by atoms with Crippen LogP contribution < -0.4 is 10.9 Å². The van der Waals surface area contributed by atoms with E-state index in [1.807, 2.05) is 6.92 Å². The van der Waals surface area contributed by atoms with Crippen LogP contribution in [0.2, 0.25) is 0 Å². The van der Waals surface area contributed by atoms with Crippen LogP contribution in [0, 0.1) is 6.92 Å². The Bertz CT molecular complexity index is 749. The fraction of sp³-hybridized carbons (Fsp3) is 0.385. The van der Waals surface area contributed by atoms with Crippen LogP contribution in [0.15, 0.2) is 16.4 Å². The number of thiazole rings is 1. The van der Waals surface area contributed by atoms with Crippen LogP contribution in [-0.4, -0.2) is 32.4 Å². The van der Waals surface area contributed by atoms with E-state index in [9.17, 15) is 14.4 Å². The Labute approximate surface area is 124 Å². The van der Waals surface area contributed by atoms with E-state index in [4.69, 9.17) is 5.11 Å². The van der Waals surface area contributed by atoms with Gasteiger partial charge in [0.1, 0.15) is 11.6 Å². The lowest BCUT2D eigenvalue weighted by molar-refractivity contribution is -0.139. The molecule has 7 nitrogen and oxygen atoms in total. The molecule has 1 amide bonds. The topological polar surface area (TPSA) is 101 Å². The average Bonchev–Trinajstić information content (AvgIpc) is 2.80. The lowest BCUT2D eigenvalue weighted by Crippen LogP contribution is -2.42. The maximum absolute atomic E-state index is 12.3. The molecule has 0 bridgehead atoms. The zero-order valence-corrected chi connectivity index (χ0v) is 12.4. The van der Waals surface area contributed by atoms with Gasteiger partial charge in [-0.3, -0.25) is 14.0 Å². The summed E-state index contributed by atoms with van der Waals surface area (Å²) < 4.78 is 1.34. The second kappa shape index (κ2) is 6.04. The van der Waals surface area contributed by atoms with Gasteiger partial charge in [0.05, 0.1) is 0 Å². The summed E-state index contributed by atoms with van der Waals surface area (Å²) in [6.07, 6.45) is 2.10. The van der Waals surface area contributed by atoms with E-state index in [0.29, 0.717) is 23.5 Å². The molecule has 0 aliphatic carbocycles. The third kappa shape index (κ3) is 2.94. The molecule has 0 fully saturated rings. The lowest BCUT2D eigenvalue weighted by atomic mass is 10.1. The summed E-state index contributed by atoms with van der Waals surface area (Å²) in [7, 11) is 0. The number of amides is 1. The standard InChI is InChI=1S/C13H15N3O4S/c1-3-4-9(12(19)20)15-10(17)8-5-14-13-16(11(8)18)7(2)6-21-13/h5-6,9H,3-4H2,1-2H3,(H,15,17)(H,19,20). The number of rotatable bonds is 5. The van der Waals surface area contributed by atoms with Crippen molar-refractivity contribution in [3.8, 4) is 0 Å². The van der Waals surface area contributed by atoms with Crippen LogP contribution in [0.5, 0.6) is 0 Å². The summed E-state index contributed by atoms with van der Waals surface area (Å²) in [6, 6.07) is -1.01. The van der Waals surface area contributed by atoms with Crippen LogP contribution in [-0.2, 0) is 4.79 Å². The fourth-order valence-electron chi connectivity index (χ4n) is 1.96. The minimum absolute atomic E-state index is 0.156. The molecule has 2 N–H and O–H groups in total. The Balaban J connectivity index is 2.35. The molecular weight excluding hydrogens is 294 g/mol. The zero-order chi connectivity index (χ0) is 15.6. The molecule has 1 unspecified atom stereocenters. The van der Waals surface area contributed by atoms with E-state index in [1.54, 1.807) is 12.3 Å². The number of nitrogens with zero attached hydrogens (tertiary/aromatic N) is 2. The molecule has 0 radical (unpaired) electrons. The molecule has 2 heterocycles. The van der Waals surface area contributed by atoms with Crippen LogP contribution in [0.25, 0.3) is 4.96 Å². The molecule has 21 heavy (non-hydrogen) atoms. The van der Waals surface area contributed by atoms with Gasteiger partial charge in [-0.05, 0) is 13.3 Å². The highest BCUT2D eigenvalue weighted by Gasteiger charge is 2.22. The molecule has 112 valence electrons. The van der Waals surface area contributed by atoms with Gasteiger partial charge in [0.25, 0.3) is 11.5 Å². The number of aryl methyl sites for hydroxylation is 1. The normalized spacial score (nSPS) is 12.3. The minimum Gasteiger partial charge on any atom is -0.480 e. The molecule has 1 atom stereocenters. The highest BCUT2D eigenvalue weighted by Crippen LogP contribution is 2.11. The van der Waals surface area contributed by atoms with Crippen molar-refractivity contribution in [2.75, 3.05) is 0 Å². The SMILES string of the molecule is CCCC(NC(=O)c1cnc2scc(C)n2c1=O)C(=O)O. The van der Waals surface area contributed by atoms with Gasteiger partial charge >= 0.3 is 5.97 Å². The van der Waals surface area contributed by atoms with Gasteiger partial charge in [-0.15, -0.1) is 11.3 Å². The van der Waals surface area contributed by atoms with E-state index < -0.39 is 23.5 Å². The number of carboxylic acid groups (broad SMARTS) is 1. The molecule has 0 aromatic carbocycles. The first-order chi connectivity index (χ1) is 9.95. The van der Waals surface area contributed by atoms with Crippen molar-refractivity contribution < 1.29 is 14.7 Å². The van der Waals surface area contributed by atoms with Gasteiger partial charge in [0, 0.05) is 17.3 Å². The third-order valence-electron chi connectivity index (χ3n) is 3.04. The zero-order valence-electron chi connectivity index (χ0n) is 11.6. The Kier molecular flexibility index (Phi) is 4.37. The van der Waals surface area contributed by atoms with Gasteiger partial charge in [0.2, 0.25) is 0 Å². The summed E-state index contributed by atoms with van der Waals surface area (Å²) in [4.78, 5) is 40.0. The number of fused-ring (bicyclic) bond motifs is 1. The minimum atomic E-state index is -1.12. The molecule has 0 aliphatic rings. The van der Waals surface area contributed by atoms with Crippen molar-refractivity contribution in [1.82, 2.24) is 14.7 Å². The van der Waals surface area contributed by atoms with Crippen molar-refractivity contribution in [3.05, 3.63) is 33.2 Å². The number of hydrogen-bond acceptors (Lipinski definition) is 5. The summed E-state index contributed by atoms with van der Waals surface area (Å²) in [5.41, 5.74) is 0.0405. The van der Waals surface area contributed by atoms with Crippen LogP contribution >= 0.6 is 11.3 Å². The van der Waals surface area contributed by atoms with Crippen molar-refractivity contribution in [1.29, 1.82) is 0 Å². The van der Waals surface area contributed by atoms with E-state index in [2.05, 4.69) is 10.3 Å². The number of carbonyl (C=O) groups excluding carboxylic acids is 1. The first-order valence-electron chi connectivity index (χ1n) is 6.45. The van der Waals surface area contributed by atoms with E-state index >= 15 is 0 Å². The number of aromatic nitrogens is 2. The Morgan fingerprint density at radius 3 is 2.86 bits per heavy atom. The molecule has 8 heteroatoms. The van der Waals surface area contributed by atoms with Crippen molar-refractivity contribution in [3.63, 3.8) is 0 Å². The number of carbonyl (C=O) groups is 2. The van der Waals surface area contributed by atoms with Gasteiger partial charge in [-0.2, -0.15) is 0 Å². The Morgan fingerprint density at radius 2 is 2.24 bits per heavy atom. The smallest absolute Gasteiger partial charge is 0.326 e. The van der Waals surface area contributed by atoms with Gasteiger partial charge in [0.15, 0.2) is 4.96 Å². The Hall–Kier alpha value is -2.22. The van der Waals surface area contributed by atoms with Gasteiger partial charge < -0.3 is 10.4 Å². The van der Waals surface area contributed by atoms with Gasteiger partial charge in [-0.1, -0.05) is 13.3 Å². The highest BCUT2D eigenvalue weighted by molar-refractivity contribution is 7.15. The average molecular weight is 309 g/mol. The van der Waals surface area contributed by atoms with Crippen LogP contribution in [0.1, 0.15) is 35.8 Å². The maximum atomic E-state index is 12.3. The number of nitrogens with one attached hydrogen (secondary N) is 1. The molecule has 0 aliphatic heterocycles. The van der Waals surface area contributed by atoms with Crippen molar-refractivity contribution in [2.45, 2.75) is 32.7 Å². The molecule has 0 saturated carbocycles. The largest absolute Gasteiger partial charge is 0.480 e. The monoisotopic (exact) mass is 309 g/mol. The molecule has 2 aromatic heterocycles. The predicted molar refractivity (Wildman–Crippen MR) is 77.9 cm³/mol. The lowest BCUT2D eigenvalue weighted by Gasteiger charge is -2.13. The van der Waals surface area contributed by atoms with E-state index in [1.165, 1.54) is 21.9 Å². The van der Waals surface area contributed by atoms with Crippen molar-refractivity contribution in [2.24, 2.45) is 0 Å². The molecule has 0 spiro atoms. The van der Waals surface area contributed by atoms with Crippen molar-refractivity contribution >= 4 is 28.2 Å². The highest BCUT2D eigenvalue weighted by atomic mass is 32.1. The fourth-order valence-corrected chi connectivity index (χ4v) is 2.79. The molecular formula is C13H15N3O4S. The number of hydrogen-bond donors (Lipinski definition) is 2. The molecule has 0 saturated heterocycles.